The molecule has 0 aromatic carbocycles. The van der Waals surface area contributed by atoms with E-state index in [1.54, 1.807) is 6.33 Å². The van der Waals surface area contributed by atoms with E-state index < -0.39 is 0 Å². The van der Waals surface area contributed by atoms with E-state index in [1.165, 1.54) is 5.69 Å². The van der Waals surface area contributed by atoms with Gasteiger partial charge >= 0.3 is 0 Å². The Labute approximate surface area is 175 Å². The molecule has 1 saturated heterocycles. The second-order valence-electron chi connectivity index (χ2n) is 9.19. The summed E-state index contributed by atoms with van der Waals surface area (Å²) >= 11 is 0. The number of hydrogen-bond donors (Lipinski definition) is 1. The van der Waals surface area contributed by atoms with Crippen molar-refractivity contribution in [2.24, 2.45) is 13.0 Å². The number of anilines is 2. The van der Waals surface area contributed by atoms with E-state index in [4.69, 9.17) is 5.10 Å². The van der Waals surface area contributed by atoms with E-state index >= 15 is 0 Å². The molecule has 0 unspecified atom stereocenters. The molecule has 156 valence electrons. The van der Waals surface area contributed by atoms with Crippen molar-refractivity contribution in [2.45, 2.75) is 33.1 Å². The molecule has 9 nitrogen and oxygen atoms in total. The van der Waals surface area contributed by atoms with E-state index in [2.05, 4.69) is 75.8 Å². The van der Waals surface area contributed by atoms with Gasteiger partial charge in [-0.1, -0.05) is 20.8 Å². The zero-order chi connectivity index (χ0) is 21.0. The maximum absolute atomic E-state index is 4.80. The molecule has 0 saturated carbocycles. The van der Waals surface area contributed by atoms with Crippen molar-refractivity contribution >= 4 is 28.3 Å². The standard InChI is InChI=1S/C21H27N9/c1-13-8-15-18(28(13)5)19(24-12-23-15)22-9-14-10-29(11-14)17-7-6-16-25-26-20(21(2,3)4)30(16)27-17/h6-8,12,14H,9-11H2,1-5H3,(H,22,23,24). The molecule has 0 atom stereocenters. The van der Waals surface area contributed by atoms with Crippen molar-refractivity contribution in [3.8, 4) is 0 Å². The van der Waals surface area contributed by atoms with Crippen LogP contribution in [-0.2, 0) is 12.5 Å². The van der Waals surface area contributed by atoms with Crippen molar-refractivity contribution in [3.63, 3.8) is 0 Å². The number of fused-ring (bicyclic) bond motifs is 2. The molecule has 0 amide bonds. The number of nitrogens with one attached hydrogen (secondary N) is 1. The van der Waals surface area contributed by atoms with Gasteiger partial charge in [-0.3, -0.25) is 0 Å². The van der Waals surface area contributed by atoms with E-state index in [0.717, 1.165) is 53.8 Å². The molecule has 1 N–H and O–H groups in total. The van der Waals surface area contributed by atoms with Crippen LogP contribution >= 0.6 is 0 Å². The first-order chi connectivity index (χ1) is 14.3. The fourth-order valence-corrected chi connectivity index (χ4v) is 3.97. The Morgan fingerprint density at radius 3 is 2.70 bits per heavy atom. The van der Waals surface area contributed by atoms with Crippen LogP contribution in [0, 0.1) is 12.8 Å². The van der Waals surface area contributed by atoms with Crippen LogP contribution in [0.4, 0.5) is 11.6 Å². The Bertz CT molecular complexity index is 1220. The summed E-state index contributed by atoms with van der Waals surface area (Å²) in [6.45, 7) is 11.2. The lowest BCUT2D eigenvalue weighted by atomic mass is 9.96. The first kappa shape index (κ1) is 18.8. The highest BCUT2D eigenvalue weighted by Gasteiger charge is 2.29. The van der Waals surface area contributed by atoms with E-state index in [0.29, 0.717) is 5.92 Å². The van der Waals surface area contributed by atoms with Crippen LogP contribution in [0.15, 0.2) is 24.5 Å². The molecule has 5 rings (SSSR count). The van der Waals surface area contributed by atoms with E-state index in [9.17, 15) is 0 Å². The highest BCUT2D eigenvalue weighted by atomic mass is 15.4. The van der Waals surface area contributed by atoms with Gasteiger partial charge in [0.15, 0.2) is 17.3 Å². The fraction of sp³-hybridized carbons (Fsp3) is 0.476. The molecule has 0 bridgehead atoms. The lowest BCUT2D eigenvalue weighted by molar-refractivity contribution is 0.423. The number of rotatable bonds is 4. The smallest absolute Gasteiger partial charge is 0.178 e. The third-order valence-electron chi connectivity index (χ3n) is 5.82. The molecular formula is C21H27N9. The third-order valence-corrected chi connectivity index (χ3v) is 5.82. The van der Waals surface area contributed by atoms with E-state index in [-0.39, 0.29) is 5.41 Å². The Balaban J connectivity index is 1.27. The monoisotopic (exact) mass is 405 g/mol. The zero-order valence-corrected chi connectivity index (χ0v) is 18.1. The van der Waals surface area contributed by atoms with Crippen molar-refractivity contribution in [3.05, 3.63) is 36.0 Å². The zero-order valence-electron chi connectivity index (χ0n) is 18.1. The van der Waals surface area contributed by atoms with Gasteiger partial charge in [0.2, 0.25) is 0 Å². The molecule has 1 fully saturated rings. The van der Waals surface area contributed by atoms with Crippen molar-refractivity contribution in [1.29, 1.82) is 0 Å². The van der Waals surface area contributed by atoms with Crippen molar-refractivity contribution in [1.82, 2.24) is 34.3 Å². The number of nitrogens with zero attached hydrogens (tertiary/aromatic N) is 8. The van der Waals surface area contributed by atoms with Gasteiger partial charge < -0.3 is 14.8 Å². The van der Waals surface area contributed by atoms with Gasteiger partial charge in [-0.2, -0.15) is 4.52 Å². The molecule has 0 radical (unpaired) electrons. The molecule has 5 heterocycles. The average molecular weight is 406 g/mol. The molecule has 0 aliphatic carbocycles. The van der Waals surface area contributed by atoms with Gasteiger partial charge in [-0.05, 0) is 25.1 Å². The maximum Gasteiger partial charge on any atom is 0.178 e. The average Bonchev–Trinajstić information content (AvgIpc) is 3.21. The number of hydrogen-bond acceptors (Lipinski definition) is 7. The van der Waals surface area contributed by atoms with Gasteiger partial charge in [-0.15, -0.1) is 15.3 Å². The quantitative estimate of drug-likeness (QED) is 0.558. The molecule has 4 aromatic heterocycles. The van der Waals surface area contributed by atoms with Gasteiger partial charge in [0.1, 0.15) is 17.7 Å². The van der Waals surface area contributed by atoms with Gasteiger partial charge in [0.25, 0.3) is 0 Å². The molecule has 30 heavy (non-hydrogen) atoms. The lowest BCUT2D eigenvalue weighted by Crippen LogP contribution is -2.50. The SMILES string of the molecule is Cc1cc2ncnc(NCC3CN(c4ccc5nnc(C(C)(C)C)n5n4)C3)c2n1C. The first-order valence-corrected chi connectivity index (χ1v) is 10.3. The maximum atomic E-state index is 4.80. The summed E-state index contributed by atoms with van der Waals surface area (Å²) in [6, 6.07) is 6.11. The minimum absolute atomic E-state index is 0.107. The van der Waals surface area contributed by atoms with Gasteiger partial charge in [-0.25, -0.2) is 9.97 Å². The van der Waals surface area contributed by atoms with Crippen LogP contribution in [-0.4, -0.2) is 54.0 Å². The van der Waals surface area contributed by atoms with Crippen LogP contribution in [0.2, 0.25) is 0 Å². The topological polar surface area (TPSA) is 89.1 Å². The molecule has 1 aliphatic rings. The Kier molecular flexibility index (Phi) is 4.16. The van der Waals surface area contributed by atoms with Crippen LogP contribution in [0.1, 0.15) is 32.3 Å². The number of aryl methyl sites for hydroxylation is 2. The van der Waals surface area contributed by atoms with Crippen LogP contribution in [0.3, 0.4) is 0 Å². The minimum atomic E-state index is -0.107. The summed E-state index contributed by atoms with van der Waals surface area (Å²) in [6.07, 6.45) is 1.63. The summed E-state index contributed by atoms with van der Waals surface area (Å²) in [5.74, 6) is 3.28. The first-order valence-electron chi connectivity index (χ1n) is 10.3. The molecule has 4 aromatic rings. The lowest BCUT2D eigenvalue weighted by Gasteiger charge is -2.40. The second kappa shape index (κ2) is 6.65. The molecule has 1 aliphatic heterocycles. The highest BCUT2D eigenvalue weighted by Crippen LogP contribution is 2.27. The van der Waals surface area contributed by atoms with Crippen LogP contribution in [0.25, 0.3) is 16.7 Å². The van der Waals surface area contributed by atoms with Crippen molar-refractivity contribution in [2.75, 3.05) is 29.9 Å². The fourth-order valence-electron chi connectivity index (χ4n) is 3.97. The van der Waals surface area contributed by atoms with E-state index in [1.807, 2.05) is 16.6 Å². The Morgan fingerprint density at radius 2 is 1.93 bits per heavy atom. The van der Waals surface area contributed by atoms with Crippen molar-refractivity contribution < 1.29 is 0 Å². The largest absolute Gasteiger partial charge is 0.368 e. The van der Waals surface area contributed by atoms with Gasteiger partial charge in [0.05, 0.1) is 5.52 Å². The normalized spacial score (nSPS) is 15.2. The minimum Gasteiger partial charge on any atom is -0.368 e. The summed E-state index contributed by atoms with van der Waals surface area (Å²) in [7, 11) is 2.05. The predicted octanol–water partition coefficient (Wildman–Crippen LogP) is 2.56. The summed E-state index contributed by atoms with van der Waals surface area (Å²) in [5.41, 5.74) is 3.89. The highest BCUT2D eigenvalue weighted by molar-refractivity contribution is 5.87. The molecular weight excluding hydrogens is 378 g/mol. The number of aromatic nitrogens is 7. The predicted molar refractivity (Wildman–Crippen MR) is 117 cm³/mol. The third kappa shape index (κ3) is 3.05. The van der Waals surface area contributed by atoms with Crippen LogP contribution < -0.4 is 10.2 Å². The van der Waals surface area contributed by atoms with Gasteiger partial charge in [0, 0.05) is 43.7 Å². The summed E-state index contributed by atoms with van der Waals surface area (Å²) < 4.78 is 4.01. The Hall–Kier alpha value is -3.23. The summed E-state index contributed by atoms with van der Waals surface area (Å²) in [4.78, 5) is 11.1. The molecule has 0 spiro atoms. The summed E-state index contributed by atoms with van der Waals surface area (Å²) in [5, 5.41) is 16.9. The second-order valence-corrected chi connectivity index (χ2v) is 9.19. The molecule has 9 heteroatoms. The van der Waals surface area contributed by atoms with Crippen LogP contribution in [0.5, 0.6) is 0 Å². The Morgan fingerprint density at radius 1 is 1.13 bits per heavy atom.